The molecule has 1 aromatic rings. The number of benzene rings is 1. The number of hydrogen-bond donors (Lipinski definition) is 1. The van der Waals surface area contributed by atoms with Gasteiger partial charge in [0.15, 0.2) is 5.78 Å². The van der Waals surface area contributed by atoms with Gasteiger partial charge < -0.3 is 10.1 Å². The van der Waals surface area contributed by atoms with Crippen LogP contribution in [0.25, 0.3) is 0 Å². The van der Waals surface area contributed by atoms with E-state index >= 15 is 0 Å². The zero-order valence-electron chi connectivity index (χ0n) is 8.82. The second-order valence-corrected chi connectivity index (χ2v) is 3.79. The lowest BCUT2D eigenvalue weighted by Gasteiger charge is -2.12. The molecule has 1 fully saturated rings. The number of carbonyl (C=O) groups is 1. The van der Waals surface area contributed by atoms with E-state index in [2.05, 4.69) is 5.32 Å². The summed E-state index contributed by atoms with van der Waals surface area (Å²) in [5, 5.41) is 3.24. The number of ether oxygens (including phenoxy) is 1. The molecular weight excluding hydrogens is 190 g/mol. The number of methoxy groups -OCH3 is 1. The fourth-order valence-electron chi connectivity index (χ4n) is 1.88. The number of anilines is 1. The van der Waals surface area contributed by atoms with Gasteiger partial charge in [-0.2, -0.15) is 0 Å². The van der Waals surface area contributed by atoms with Gasteiger partial charge in [-0.15, -0.1) is 0 Å². The Labute approximate surface area is 89.4 Å². The summed E-state index contributed by atoms with van der Waals surface area (Å²) in [7, 11) is 1.64. The van der Waals surface area contributed by atoms with Gasteiger partial charge in [0.05, 0.1) is 13.2 Å². The van der Waals surface area contributed by atoms with Crippen molar-refractivity contribution in [3.05, 3.63) is 24.3 Å². The maximum absolute atomic E-state index is 11.4. The molecule has 0 saturated heterocycles. The summed E-state index contributed by atoms with van der Waals surface area (Å²) in [6.45, 7) is 0. The molecule has 3 nitrogen and oxygen atoms in total. The lowest BCUT2D eigenvalue weighted by Crippen LogP contribution is -2.23. The molecule has 1 saturated carbocycles. The van der Waals surface area contributed by atoms with Crippen molar-refractivity contribution in [1.29, 1.82) is 0 Å². The molecule has 1 atom stereocenters. The maximum Gasteiger partial charge on any atom is 0.155 e. The fourth-order valence-corrected chi connectivity index (χ4v) is 1.88. The number of hydrogen-bond acceptors (Lipinski definition) is 3. The minimum absolute atomic E-state index is 0.00268. The van der Waals surface area contributed by atoms with E-state index < -0.39 is 0 Å². The first-order chi connectivity index (χ1) is 7.29. The van der Waals surface area contributed by atoms with E-state index in [0.717, 1.165) is 24.3 Å². The van der Waals surface area contributed by atoms with E-state index in [1.54, 1.807) is 7.11 Å². The highest BCUT2D eigenvalue weighted by Crippen LogP contribution is 2.22. The fraction of sp³-hybridized carbons (Fsp3) is 0.417. The van der Waals surface area contributed by atoms with Gasteiger partial charge in [-0.25, -0.2) is 0 Å². The van der Waals surface area contributed by atoms with Crippen molar-refractivity contribution >= 4 is 11.5 Å². The minimum atomic E-state index is -0.00268. The summed E-state index contributed by atoms with van der Waals surface area (Å²) in [6.07, 6.45) is 2.65. The molecule has 0 unspecified atom stereocenters. The first kappa shape index (κ1) is 10.0. The van der Waals surface area contributed by atoms with Crippen molar-refractivity contribution in [3.63, 3.8) is 0 Å². The molecule has 80 valence electrons. The Balaban J connectivity index is 2.06. The van der Waals surface area contributed by atoms with Gasteiger partial charge in [-0.3, -0.25) is 4.79 Å². The summed E-state index contributed by atoms with van der Waals surface area (Å²) >= 11 is 0. The zero-order chi connectivity index (χ0) is 10.7. The number of ketones is 1. The third kappa shape index (κ3) is 2.29. The standard InChI is InChI=1S/C12H15NO2/c1-15-10-5-2-4-9(8-10)13-11-6-3-7-12(11)14/h2,4-5,8,11,13H,3,6-7H2,1H3/t11-/m1/s1. The molecule has 2 rings (SSSR count). The van der Waals surface area contributed by atoms with Gasteiger partial charge in [-0.1, -0.05) is 6.07 Å². The smallest absolute Gasteiger partial charge is 0.155 e. The van der Waals surface area contributed by atoms with Crippen LogP contribution >= 0.6 is 0 Å². The first-order valence-corrected chi connectivity index (χ1v) is 5.23. The number of nitrogens with one attached hydrogen (secondary N) is 1. The summed E-state index contributed by atoms with van der Waals surface area (Å²) in [5.74, 6) is 1.13. The number of rotatable bonds is 3. The van der Waals surface area contributed by atoms with Gasteiger partial charge in [0.2, 0.25) is 0 Å². The van der Waals surface area contributed by atoms with Crippen molar-refractivity contribution in [1.82, 2.24) is 0 Å². The number of Topliss-reactive ketones (excluding diaryl/α,β-unsaturated/α-hetero) is 1. The predicted octanol–water partition coefficient (Wildman–Crippen LogP) is 2.23. The zero-order valence-corrected chi connectivity index (χ0v) is 8.82. The highest BCUT2D eigenvalue weighted by Gasteiger charge is 2.23. The van der Waals surface area contributed by atoms with Crippen LogP contribution in [0.5, 0.6) is 5.75 Å². The van der Waals surface area contributed by atoms with Gasteiger partial charge in [0.25, 0.3) is 0 Å². The second kappa shape index (κ2) is 4.34. The lowest BCUT2D eigenvalue weighted by molar-refractivity contribution is -0.118. The highest BCUT2D eigenvalue weighted by molar-refractivity contribution is 5.88. The van der Waals surface area contributed by atoms with Gasteiger partial charge >= 0.3 is 0 Å². The summed E-state index contributed by atoms with van der Waals surface area (Å²) in [4.78, 5) is 11.4. The molecule has 0 radical (unpaired) electrons. The van der Waals surface area contributed by atoms with Crippen LogP contribution in [0.4, 0.5) is 5.69 Å². The van der Waals surface area contributed by atoms with Crippen LogP contribution in [-0.4, -0.2) is 18.9 Å². The molecule has 1 N–H and O–H groups in total. The minimum Gasteiger partial charge on any atom is -0.497 e. The van der Waals surface area contributed by atoms with Crippen molar-refractivity contribution in [2.45, 2.75) is 25.3 Å². The Kier molecular flexibility index (Phi) is 2.90. The predicted molar refractivity (Wildman–Crippen MR) is 59.3 cm³/mol. The van der Waals surface area contributed by atoms with Crippen LogP contribution in [0.2, 0.25) is 0 Å². The van der Waals surface area contributed by atoms with Crippen molar-refractivity contribution < 1.29 is 9.53 Å². The van der Waals surface area contributed by atoms with Crippen LogP contribution in [0.1, 0.15) is 19.3 Å². The van der Waals surface area contributed by atoms with Gasteiger partial charge in [0.1, 0.15) is 5.75 Å². The van der Waals surface area contributed by atoms with E-state index in [9.17, 15) is 4.79 Å². The van der Waals surface area contributed by atoms with Crippen molar-refractivity contribution in [2.75, 3.05) is 12.4 Å². The molecule has 0 spiro atoms. The third-order valence-electron chi connectivity index (χ3n) is 2.72. The Morgan fingerprint density at radius 2 is 2.33 bits per heavy atom. The molecule has 1 aromatic carbocycles. The van der Waals surface area contributed by atoms with E-state index in [-0.39, 0.29) is 6.04 Å². The van der Waals surface area contributed by atoms with Gasteiger partial charge in [0, 0.05) is 18.2 Å². The molecule has 15 heavy (non-hydrogen) atoms. The maximum atomic E-state index is 11.4. The molecule has 0 bridgehead atoms. The largest absolute Gasteiger partial charge is 0.497 e. The molecule has 3 heteroatoms. The van der Waals surface area contributed by atoms with E-state index in [0.29, 0.717) is 12.2 Å². The molecule has 1 aliphatic rings. The average molecular weight is 205 g/mol. The van der Waals surface area contributed by atoms with Crippen LogP contribution in [-0.2, 0) is 4.79 Å². The Hall–Kier alpha value is -1.51. The van der Waals surface area contributed by atoms with E-state index in [1.807, 2.05) is 24.3 Å². The van der Waals surface area contributed by atoms with Crippen molar-refractivity contribution in [3.8, 4) is 5.75 Å². The Bertz CT molecular complexity index is 362. The summed E-state index contributed by atoms with van der Waals surface area (Å²) in [5.41, 5.74) is 0.953. The number of carbonyl (C=O) groups excluding carboxylic acids is 1. The second-order valence-electron chi connectivity index (χ2n) is 3.79. The van der Waals surface area contributed by atoms with Crippen LogP contribution < -0.4 is 10.1 Å². The summed E-state index contributed by atoms with van der Waals surface area (Å²) in [6, 6.07) is 7.67. The molecule has 0 amide bonds. The van der Waals surface area contributed by atoms with Gasteiger partial charge in [-0.05, 0) is 25.0 Å². The van der Waals surface area contributed by atoms with E-state index in [4.69, 9.17) is 4.74 Å². The highest BCUT2D eigenvalue weighted by atomic mass is 16.5. The molecule has 0 heterocycles. The van der Waals surface area contributed by atoms with Crippen LogP contribution in [0.3, 0.4) is 0 Å². The Morgan fingerprint density at radius 1 is 1.47 bits per heavy atom. The first-order valence-electron chi connectivity index (χ1n) is 5.23. The molecule has 0 aliphatic heterocycles. The molecular formula is C12H15NO2. The average Bonchev–Trinajstić information content (AvgIpc) is 2.65. The summed E-state index contributed by atoms with van der Waals surface area (Å²) < 4.78 is 5.12. The lowest BCUT2D eigenvalue weighted by atomic mass is 10.2. The van der Waals surface area contributed by atoms with Crippen molar-refractivity contribution in [2.24, 2.45) is 0 Å². The van der Waals surface area contributed by atoms with Crippen LogP contribution in [0, 0.1) is 0 Å². The molecule has 0 aromatic heterocycles. The SMILES string of the molecule is COc1cccc(N[C@@H]2CCCC2=O)c1. The quantitative estimate of drug-likeness (QED) is 0.822. The third-order valence-corrected chi connectivity index (χ3v) is 2.72. The Morgan fingerprint density at radius 3 is 3.00 bits per heavy atom. The van der Waals surface area contributed by atoms with E-state index in [1.165, 1.54) is 0 Å². The monoisotopic (exact) mass is 205 g/mol. The topological polar surface area (TPSA) is 38.3 Å². The van der Waals surface area contributed by atoms with Crippen LogP contribution in [0.15, 0.2) is 24.3 Å². The molecule has 1 aliphatic carbocycles. The normalized spacial score (nSPS) is 20.3.